The lowest BCUT2D eigenvalue weighted by molar-refractivity contribution is 0.155. The molecule has 0 unspecified atom stereocenters. The zero-order valence-corrected chi connectivity index (χ0v) is 10.9. The standard InChI is InChI=1S/C12H27B/c1-10(2)13(8)9-12(6,7)11(3,4)5/h10H,9H2,1-8H3. The van der Waals surface area contributed by atoms with Crippen molar-refractivity contribution in [3.63, 3.8) is 0 Å². The Labute approximate surface area is 85.6 Å². The van der Waals surface area contributed by atoms with E-state index in [0.29, 0.717) is 10.8 Å². The molecule has 0 heterocycles. The first kappa shape index (κ1) is 13.1. The third-order valence-electron chi connectivity index (χ3n) is 4.00. The first-order valence-corrected chi connectivity index (χ1v) is 5.58. The van der Waals surface area contributed by atoms with Crippen LogP contribution in [0.25, 0.3) is 0 Å². The second kappa shape index (κ2) is 4.06. The quantitative estimate of drug-likeness (QED) is 0.560. The first-order chi connectivity index (χ1) is 5.58. The Morgan fingerprint density at radius 3 is 1.62 bits per heavy atom. The van der Waals surface area contributed by atoms with Gasteiger partial charge in [-0.15, -0.1) is 0 Å². The molecule has 0 saturated carbocycles. The maximum atomic E-state index is 2.39. The third-order valence-corrected chi connectivity index (χ3v) is 4.00. The lowest BCUT2D eigenvalue weighted by Crippen LogP contribution is -2.34. The highest BCUT2D eigenvalue weighted by Crippen LogP contribution is 2.43. The summed E-state index contributed by atoms with van der Waals surface area (Å²) in [5.74, 6) is 0.807. The molecule has 78 valence electrons. The molecule has 0 aromatic carbocycles. The van der Waals surface area contributed by atoms with Crippen LogP contribution in [0.5, 0.6) is 0 Å². The molecule has 0 saturated heterocycles. The summed E-state index contributed by atoms with van der Waals surface area (Å²) in [7, 11) is 0. The van der Waals surface area contributed by atoms with Crippen LogP contribution < -0.4 is 0 Å². The van der Waals surface area contributed by atoms with Gasteiger partial charge in [0.05, 0.1) is 0 Å². The van der Waals surface area contributed by atoms with Gasteiger partial charge in [-0.2, -0.15) is 0 Å². The van der Waals surface area contributed by atoms with Crippen LogP contribution in [-0.4, -0.2) is 6.71 Å². The van der Waals surface area contributed by atoms with Gasteiger partial charge < -0.3 is 0 Å². The van der Waals surface area contributed by atoms with E-state index in [1.54, 1.807) is 0 Å². The zero-order chi connectivity index (χ0) is 10.9. The number of hydrogen-bond acceptors (Lipinski definition) is 0. The van der Waals surface area contributed by atoms with E-state index in [1.165, 1.54) is 6.32 Å². The molecule has 1 heteroatoms. The average molecular weight is 182 g/mol. The van der Waals surface area contributed by atoms with Crippen molar-refractivity contribution in [2.45, 2.75) is 67.4 Å². The van der Waals surface area contributed by atoms with Gasteiger partial charge in [0.25, 0.3) is 0 Å². The third kappa shape index (κ3) is 3.75. The molecule has 0 aliphatic carbocycles. The molecule has 0 aliphatic rings. The summed E-state index contributed by atoms with van der Waals surface area (Å²) < 4.78 is 0. The van der Waals surface area contributed by atoms with Crippen LogP contribution >= 0.6 is 0 Å². The minimum atomic E-state index is 0.413. The monoisotopic (exact) mass is 182 g/mol. The fourth-order valence-electron chi connectivity index (χ4n) is 1.35. The maximum absolute atomic E-state index is 2.39. The van der Waals surface area contributed by atoms with Crippen LogP contribution in [0.1, 0.15) is 48.5 Å². The Morgan fingerprint density at radius 2 is 1.38 bits per heavy atom. The highest BCUT2D eigenvalue weighted by atomic mass is 14.3. The van der Waals surface area contributed by atoms with E-state index in [0.717, 1.165) is 12.5 Å². The summed E-state index contributed by atoms with van der Waals surface area (Å²) in [6, 6.07) is 0. The van der Waals surface area contributed by atoms with Crippen molar-refractivity contribution in [3.8, 4) is 0 Å². The molecule has 0 spiro atoms. The fourth-order valence-corrected chi connectivity index (χ4v) is 1.35. The SMILES string of the molecule is CB(CC(C)(C)C(C)(C)C)C(C)C. The highest BCUT2D eigenvalue weighted by Gasteiger charge is 2.35. The molecule has 0 aromatic rings. The Balaban J connectivity index is 4.34. The average Bonchev–Trinajstić information content (AvgIpc) is 1.83. The molecule has 0 fully saturated rings. The molecule has 0 aromatic heterocycles. The van der Waals surface area contributed by atoms with Gasteiger partial charge in [-0.1, -0.05) is 67.4 Å². The summed E-state index contributed by atoms with van der Waals surface area (Å²) in [5, 5.41) is 0. The molecule has 0 radical (unpaired) electrons. The molecule has 0 bridgehead atoms. The topological polar surface area (TPSA) is 0 Å². The predicted molar refractivity (Wildman–Crippen MR) is 64.8 cm³/mol. The summed E-state index contributed by atoms with van der Waals surface area (Å²) in [4.78, 5) is 0. The summed E-state index contributed by atoms with van der Waals surface area (Å²) in [6.07, 6.45) is 1.33. The van der Waals surface area contributed by atoms with Crippen LogP contribution in [0.15, 0.2) is 0 Å². The Hall–Kier alpha value is 0.0649. The van der Waals surface area contributed by atoms with Gasteiger partial charge in [0.1, 0.15) is 6.71 Å². The number of rotatable bonds is 3. The normalized spacial score (nSPS) is 13.6. The molecule has 13 heavy (non-hydrogen) atoms. The van der Waals surface area contributed by atoms with Gasteiger partial charge in [-0.3, -0.25) is 0 Å². The Kier molecular flexibility index (Phi) is 4.08. The first-order valence-electron chi connectivity index (χ1n) is 5.58. The van der Waals surface area contributed by atoms with E-state index in [1.807, 2.05) is 0 Å². The van der Waals surface area contributed by atoms with Crippen LogP contribution in [0, 0.1) is 10.8 Å². The predicted octanol–water partition coefficient (Wildman–Crippen LogP) is 4.59. The van der Waals surface area contributed by atoms with E-state index in [9.17, 15) is 0 Å². The molecule has 0 nitrogen and oxygen atoms in total. The van der Waals surface area contributed by atoms with Crippen molar-refractivity contribution in [1.29, 1.82) is 0 Å². The van der Waals surface area contributed by atoms with Crippen molar-refractivity contribution in [2.24, 2.45) is 10.8 Å². The van der Waals surface area contributed by atoms with Gasteiger partial charge in [0, 0.05) is 0 Å². The molecular formula is C12H27B. The van der Waals surface area contributed by atoms with Crippen LogP contribution in [0.3, 0.4) is 0 Å². The Bertz CT molecular complexity index is 151. The Morgan fingerprint density at radius 1 is 1.00 bits per heavy atom. The second-order valence-electron chi connectivity index (χ2n) is 6.56. The second-order valence-corrected chi connectivity index (χ2v) is 6.56. The maximum Gasteiger partial charge on any atom is 0.139 e. The van der Waals surface area contributed by atoms with Crippen LogP contribution in [-0.2, 0) is 0 Å². The molecule has 0 atom stereocenters. The van der Waals surface area contributed by atoms with Gasteiger partial charge >= 0.3 is 0 Å². The van der Waals surface area contributed by atoms with E-state index in [4.69, 9.17) is 0 Å². The van der Waals surface area contributed by atoms with Gasteiger partial charge in [0.15, 0.2) is 0 Å². The minimum Gasteiger partial charge on any atom is -0.0859 e. The number of hydrogen-bond donors (Lipinski definition) is 0. The lowest BCUT2D eigenvalue weighted by atomic mass is 9.36. The summed E-state index contributed by atoms with van der Waals surface area (Å²) in [5.41, 5.74) is 0.854. The zero-order valence-electron chi connectivity index (χ0n) is 10.9. The van der Waals surface area contributed by atoms with Gasteiger partial charge in [-0.25, -0.2) is 0 Å². The van der Waals surface area contributed by atoms with Gasteiger partial charge in [0.2, 0.25) is 0 Å². The molecular weight excluding hydrogens is 155 g/mol. The molecule has 0 rings (SSSR count). The molecule has 0 amide bonds. The van der Waals surface area contributed by atoms with E-state index in [2.05, 4.69) is 55.3 Å². The van der Waals surface area contributed by atoms with Crippen molar-refractivity contribution < 1.29 is 0 Å². The largest absolute Gasteiger partial charge is 0.139 e. The van der Waals surface area contributed by atoms with Crippen molar-refractivity contribution in [3.05, 3.63) is 0 Å². The van der Waals surface area contributed by atoms with E-state index < -0.39 is 0 Å². The summed E-state index contributed by atoms with van der Waals surface area (Å²) in [6.45, 7) is 19.7. The van der Waals surface area contributed by atoms with E-state index >= 15 is 0 Å². The van der Waals surface area contributed by atoms with Crippen molar-refractivity contribution in [1.82, 2.24) is 0 Å². The highest BCUT2D eigenvalue weighted by molar-refractivity contribution is 6.58. The van der Waals surface area contributed by atoms with Crippen molar-refractivity contribution in [2.75, 3.05) is 0 Å². The smallest absolute Gasteiger partial charge is 0.0859 e. The van der Waals surface area contributed by atoms with Gasteiger partial charge in [-0.05, 0) is 10.8 Å². The van der Waals surface area contributed by atoms with Crippen LogP contribution in [0.4, 0.5) is 0 Å². The molecule has 0 aliphatic heterocycles. The molecule has 0 N–H and O–H groups in total. The minimum absolute atomic E-state index is 0.413. The van der Waals surface area contributed by atoms with Crippen LogP contribution in [0.2, 0.25) is 19.0 Å². The van der Waals surface area contributed by atoms with E-state index in [-0.39, 0.29) is 0 Å². The lowest BCUT2D eigenvalue weighted by Gasteiger charge is -2.41. The summed E-state index contributed by atoms with van der Waals surface area (Å²) >= 11 is 0. The fraction of sp³-hybridized carbons (Fsp3) is 1.00. The van der Waals surface area contributed by atoms with Crippen molar-refractivity contribution >= 4 is 6.71 Å².